The molecule has 0 amide bonds. The normalized spacial score (nSPS) is 19.8. The van der Waals surface area contributed by atoms with Gasteiger partial charge in [-0.25, -0.2) is 4.98 Å². The zero-order chi connectivity index (χ0) is 11.5. The summed E-state index contributed by atoms with van der Waals surface area (Å²) in [4.78, 5) is 6.86. The maximum Gasteiger partial charge on any atom is 0.128 e. The van der Waals surface area contributed by atoms with Gasteiger partial charge < -0.3 is 10.6 Å². The van der Waals surface area contributed by atoms with Crippen molar-refractivity contribution >= 4 is 5.82 Å². The van der Waals surface area contributed by atoms with Gasteiger partial charge in [0, 0.05) is 25.3 Å². The van der Waals surface area contributed by atoms with Crippen molar-refractivity contribution in [2.45, 2.75) is 32.7 Å². The molecule has 0 spiro atoms. The Morgan fingerprint density at radius 3 is 2.56 bits per heavy atom. The number of rotatable bonds is 2. The molecule has 1 aliphatic heterocycles. The molecule has 1 saturated heterocycles. The van der Waals surface area contributed by atoms with Gasteiger partial charge in [0.2, 0.25) is 0 Å². The molecule has 0 bridgehead atoms. The van der Waals surface area contributed by atoms with Gasteiger partial charge in [-0.2, -0.15) is 0 Å². The van der Waals surface area contributed by atoms with Gasteiger partial charge in [0.05, 0.1) is 0 Å². The monoisotopic (exact) mass is 219 g/mol. The molecule has 1 aromatic heterocycles. The first kappa shape index (κ1) is 11.4. The minimum atomic E-state index is 0.0722. The number of nitrogens with zero attached hydrogens (tertiary/aromatic N) is 2. The minimum absolute atomic E-state index is 0.0722. The third kappa shape index (κ3) is 2.53. The van der Waals surface area contributed by atoms with E-state index < -0.39 is 0 Å². The molecule has 1 unspecified atom stereocenters. The van der Waals surface area contributed by atoms with Gasteiger partial charge in [-0.15, -0.1) is 0 Å². The van der Waals surface area contributed by atoms with Crippen molar-refractivity contribution in [2.24, 2.45) is 11.7 Å². The average molecular weight is 219 g/mol. The standard InChI is InChI=1S/C13H21N3/c1-10-5-7-16(8-6-10)13-4-3-12(9-15-13)11(2)14/h3-4,9-11H,5-8,14H2,1-2H3. The van der Waals surface area contributed by atoms with Gasteiger partial charge in [-0.3, -0.25) is 0 Å². The Morgan fingerprint density at radius 2 is 2.06 bits per heavy atom. The predicted octanol–water partition coefficient (Wildman–Crippen LogP) is 2.34. The van der Waals surface area contributed by atoms with Crippen LogP contribution in [-0.4, -0.2) is 18.1 Å². The van der Waals surface area contributed by atoms with Gasteiger partial charge >= 0.3 is 0 Å². The Labute approximate surface area is 97.7 Å². The van der Waals surface area contributed by atoms with E-state index >= 15 is 0 Å². The lowest BCUT2D eigenvalue weighted by Gasteiger charge is -2.31. The average Bonchev–Trinajstić information content (AvgIpc) is 2.30. The SMILES string of the molecule is CC1CCN(c2ccc(C(C)N)cn2)CC1. The Balaban J connectivity index is 2.04. The quantitative estimate of drug-likeness (QED) is 0.830. The highest BCUT2D eigenvalue weighted by Gasteiger charge is 2.16. The highest BCUT2D eigenvalue weighted by molar-refractivity contribution is 5.40. The van der Waals surface area contributed by atoms with Gasteiger partial charge in [0.1, 0.15) is 5.82 Å². The molecule has 88 valence electrons. The number of nitrogens with two attached hydrogens (primary N) is 1. The van der Waals surface area contributed by atoms with E-state index in [1.807, 2.05) is 13.1 Å². The van der Waals surface area contributed by atoms with Crippen LogP contribution in [0, 0.1) is 5.92 Å². The summed E-state index contributed by atoms with van der Waals surface area (Å²) in [6.07, 6.45) is 4.45. The lowest BCUT2D eigenvalue weighted by Crippen LogP contribution is -2.33. The third-order valence-electron chi connectivity index (χ3n) is 3.40. The van der Waals surface area contributed by atoms with Gasteiger partial charge in [0.15, 0.2) is 0 Å². The fourth-order valence-electron chi connectivity index (χ4n) is 2.09. The highest BCUT2D eigenvalue weighted by atomic mass is 15.2. The summed E-state index contributed by atoms with van der Waals surface area (Å²) in [7, 11) is 0. The van der Waals surface area contributed by atoms with Gasteiger partial charge in [0.25, 0.3) is 0 Å². The topological polar surface area (TPSA) is 42.1 Å². The van der Waals surface area contributed by atoms with Crippen LogP contribution in [0.2, 0.25) is 0 Å². The summed E-state index contributed by atoms with van der Waals surface area (Å²) in [5.41, 5.74) is 6.91. The van der Waals surface area contributed by atoms with E-state index in [-0.39, 0.29) is 6.04 Å². The molecule has 1 fully saturated rings. The summed E-state index contributed by atoms with van der Waals surface area (Å²) < 4.78 is 0. The van der Waals surface area contributed by atoms with Crippen LogP contribution in [0.5, 0.6) is 0 Å². The summed E-state index contributed by atoms with van der Waals surface area (Å²) >= 11 is 0. The molecule has 1 atom stereocenters. The van der Waals surface area contributed by atoms with Crippen LogP contribution in [-0.2, 0) is 0 Å². The Morgan fingerprint density at radius 1 is 1.38 bits per heavy atom. The Bertz CT molecular complexity index is 324. The summed E-state index contributed by atoms with van der Waals surface area (Å²) in [6, 6.07) is 4.25. The van der Waals surface area contributed by atoms with Crippen molar-refractivity contribution in [1.82, 2.24) is 4.98 Å². The summed E-state index contributed by atoms with van der Waals surface area (Å²) in [6.45, 7) is 6.57. The predicted molar refractivity (Wildman–Crippen MR) is 67.5 cm³/mol. The third-order valence-corrected chi connectivity index (χ3v) is 3.40. The van der Waals surface area contributed by atoms with Gasteiger partial charge in [-0.05, 0) is 37.3 Å². The number of hydrogen-bond donors (Lipinski definition) is 1. The van der Waals surface area contributed by atoms with Crippen molar-refractivity contribution in [3.8, 4) is 0 Å². The fraction of sp³-hybridized carbons (Fsp3) is 0.615. The smallest absolute Gasteiger partial charge is 0.128 e. The molecule has 1 aromatic rings. The maximum atomic E-state index is 5.81. The number of pyridine rings is 1. The second kappa shape index (κ2) is 4.83. The van der Waals surface area contributed by atoms with E-state index in [9.17, 15) is 0 Å². The molecule has 0 saturated carbocycles. The largest absolute Gasteiger partial charge is 0.357 e. The van der Waals surface area contributed by atoms with Crippen LogP contribution >= 0.6 is 0 Å². The van der Waals surface area contributed by atoms with Crippen molar-refractivity contribution in [2.75, 3.05) is 18.0 Å². The highest BCUT2D eigenvalue weighted by Crippen LogP contribution is 2.21. The lowest BCUT2D eigenvalue weighted by atomic mass is 9.99. The van der Waals surface area contributed by atoms with Crippen LogP contribution < -0.4 is 10.6 Å². The second-order valence-corrected chi connectivity index (χ2v) is 4.91. The molecule has 3 heteroatoms. The van der Waals surface area contributed by atoms with Crippen molar-refractivity contribution in [3.63, 3.8) is 0 Å². The van der Waals surface area contributed by atoms with E-state index in [4.69, 9.17) is 5.73 Å². The van der Waals surface area contributed by atoms with Gasteiger partial charge in [-0.1, -0.05) is 13.0 Å². The zero-order valence-corrected chi connectivity index (χ0v) is 10.2. The number of aromatic nitrogens is 1. The minimum Gasteiger partial charge on any atom is -0.357 e. The van der Waals surface area contributed by atoms with Crippen molar-refractivity contribution < 1.29 is 0 Å². The molecular formula is C13H21N3. The first-order valence-corrected chi connectivity index (χ1v) is 6.13. The van der Waals surface area contributed by atoms with E-state index in [2.05, 4.69) is 28.9 Å². The molecule has 0 aliphatic carbocycles. The van der Waals surface area contributed by atoms with Crippen molar-refractivity contribution in [1.29, 1.82) is 0 Å². The first-order valence-electron chi connectivity index (χ1n) is 6.13. The molecule has 2 heterocycles. The van der Waals surface area contributed by atoms with E-state index in [0.717, 1.165) is 30.4 Å². The van der Waals surface area contributed by atoms with E-state index in [0.29, 0.717) is 0 Å². The Hall–Kier alpha value is -1.09. The molecule has 3 nitrogen and oxygen atoms in total. The van der Waals surface area contributed by atoms with Crippen LogP contribution in [0.4, 0.5) is 5.82 Å². The molecular weight excluding hydrogens is 198 g/mol. The molecule has 0 aromatic carbocycles. The Kier molecular flexibility index (Phi) is 3.44. The molecule has 1 aliphatic rings. The zero-order valence-electron chi connectivity index (χ0n) is 10.2. The summed E-state index contributed by atoms with van der Waals surface area (Å²) in [5.74, 6) is 1.95. The van der Waals surface area contributed by atoms with Crippen LogP contribution in [0.25, 0.3) is 0 Å². The van der Waals surface area contributed by atoms with Crippen LogP contribution in [0.1, 0.15) is 38.3 Å². The van der Waals surface area contributed by atoms with Crippen LogP contribution in [0.3, 0.4) is 0 Å². The van der Waals surface area contributed by atoms with E-state index in [1.165, 1.54) is 12.8 Å². The second-order valence-electron chi connectivity index (χ2n) is 4.91. The molecule has 2 rings (SSSR count). The lowest BCUT2D eigenvalue weighted by molar-refractivity contribution is 0.436. The molecule has 16 heavy (non-hydrogen) atoms. The number of piperidine rings is 1. The maximum absolute atomic E-state index is 5.81. The van der Waals surface area contributed by atoms with Crippen LogP contribution in [0.15, 0.2) is 18.3 Å². The molecule has 0 radical (unpaired) electrons. The fourth-order valence-corrected chi connectivity index (χ4v) is 2.09. The number of anilines is 1. The molecule has 2 N–H and O–H groups in total. The van der Waals surface area contributed by atoms with Crippen molar-refractivity contribution in [3.05, 3.63) is 23.9 Å². The summed E-state index contributed by atoms with van der Waals surface area (Å²) in [5, 5.41) is 0. The number of hydrogen-bond acceptors (Lipinski definition) is 3. The first-order chi connectivity index (χ1) is 7.66. The van der Waals surface area contributed by atoms with E-state index in [1.54, 1.807) is 0 Å².